The highest BCUT2D eigenvalue weighted by molar-refractivity contribution is 6.30. The highest BCUT2D eigenvalue weighted by atomic mass is 35.5. The summed E-state index contributed by atoms with van der Waals surface area (Å²) in [4.78, 5) is 33.9. The lowest BCUT2D eigenvalue weighted by Gasteiger charge is -2.18. The van der Waals surface area contributed by atoms with Gasteiger partial charge in [0.15, 0.2) is 0 Å². The average Bonchev–Trinajstić information content (AvgIpc) is 2.65. The molecule has 0 aliphatic heterocycles. The first-order valence-corrected chi connectivity index (χ1v) is 8.80. The van der Waals surface area contributed by atoms with Gasteiger partial charge in [-0.25, -0.2) is 4.79 Å². The molecule has 2 aromatic rings. The van der Waals surface area contributed by atoms with Crippen molar-refractivity contribution in [1.29, 1.82) is 0 Å². The van der Waals surface area contributed by atoms with Crippen LogP contribution in [0.15, 0.2) is 48.5 Å². The van der Waals surface area contributed by atoms with Gasteiger partial charge in [-0.15, -0.1) is 0 Å². The number of anilines is 1. The number of amides is 3. The Balaban J connectivity index is 1.87. The van der Waals surface area contributed by atoms with Gasteiger partial charge < -0.3 is 21.7 Å². The summed E-state index contributed by atoms with van der Waals surface area (Å²) >= 11 is 5.85. The maximum atomic E-state index is 12.2. The normalized spacial score (nSPS) is 11.3. The third-order valence-electron chi connectivity index (χ3n) is 3.84. The molecule has 0 bridgehead atoms. The van der Waals surface area contributed by atoms with Gasteiger partial charge in [-0.1, -0.05) is 35.9 Å². The Morgan fingerprint density at radius 3 is 2.43 bits per heavy atom. The lowest BCUT2D eigenvalue weighted by Crippen LogP contribution is -2.37. The summed E-state index contributed by atoms with van der Waals surface area (Å²) in [6, 6.07) is 11.6. The number of nitrogens with zero attached hydrogens (tertiary/aromatic N) is 1. The quantitative estimate of drug-likeness (QED) is 0.288. The lowest BCUT2D eigenvalue weighted by atomic mass is 10.0. The monoisotopic (exact) mass is 405 g/mol. The van der Waals surface area contributed by atoms with Gasteiger partial charge >= 0.3 is 6.03 Å². The molecule has 9 nitrogen and oxygen atoms in total. The summed E-state index contributed by atoms with van der Waals surface area (Å²) in [5, 5.41) is 19.6. The molecule has 0 saturated heterocycles. The first kappa shape index (κ1) is 21.0. The number of urea groups is 1. The van der Waals surface area contributed by atoms with Crippen molar-refractivity contribution in [3.05, 3.63) is 69.2 Å². The van der Waals surface area contributed by atoms with Crippen LogP contribution in [0.1, 0.15) is 18.0 Å². The van der Waals surface area contributed by atoms with Crippen LogP contribution in [-0.4, -0.2) is 30.0 Å². The number of hydrogen-bond donors (Lipinski definition) is 4. The molecule has 0 aliphatic carbocycles. The average molecular weight is 406 g/mol. The molecule has 0 spiro atoms. The van der Waals surface area contributed by atoms with E-state index >= 15 is 0 Å². The third kappa shape index (κ3) is 6.44. The van der Waals surface area contributed by atoms with Gasteiger partial charge in [-0.2, -0.15) is 0 Å². The molecule has 0 saturated carbocycles. The van der Waals surface area contributed by atoms with Crippen LogP contribution < -0.4 is 21.7 Å². The second-order valence-corrected chi connectivity index (χ2v) is 6.30. The van der Waals surface area contributed by atoms with Gasteiger partial charge in [0.1, 0.15) is 5.69 Å². The van der Waals surface area contributed by atoms with Crippen LogP contribution in [0.2, 0.25) is 5.02 Å². The second kappa shape index (κ2) is 10.1. The number of hydrogen-bond acceptors (Lipinski definition) is 5. The Labute approximate surface area is 166 Å². The number of nitrogens with two attached hydrogens (primary N) is 1. The van der Waals surface area contributed by atoms with Crippen LogP contribution >= 0.6 is 11.6 Å². The fraction of sp³-hybridized carbons (Fsp3) is 0.222. The number of nitrogens with one attached hydrogen (secondary N) is 3. The van der Waals surface area contributed by atoms with Gasteiger partial charge in [-0.05, 0) is 23.8 Å². The largest absolute Gasteiger partial charge is 0.378 e. The maximum Gasteiger partial charge on any atom is 0.312 e. The second-order valence-electron chi connectivity index (χ2n) is 5.87. The first-order valence-electron chi connectivity index (χ1n) is 8.42. The van der Waals surface area contributed by atoms with Gasteiger partial charge in [0.25, 0.3) is 5.69 Å². The Bertz CT molecular complexity index is 844. The van der Waals surface area contributed by atoms with E-state index in [9.17, 15) is 19.7 Å². The van der Waals surface area contributed by atoms with Crippen molar-refractivity contribution in [2.24, 2.45) is 5.73 Å². The number of halogens is 1. The Morgan fingerprint density at radius 1 is 1.11 bits per heavy atom. The summed E-state index contributed by atoms with van der Waals surface area (Å²) in [5.74, 6) is -0.307. The van der Waals surface area contributed by atoms with Crippen LogP contribution in [0.25, 0.3) is 0 Å². The molecular formula is C18H20ClN5O4. The molecule has 0 aliphatic rings. The van der Waals surface area contributed by atoms with E-state index in [1.54, 1.807) is 42.5 Å². The van der Waals surface area contributed by atoms with E-state index in [0.717, 1.165) is 0 Å². The molecule has 0 fully saturated rings. The van der Waals surface area contributed by atoms with Gasteiger partial charge in [0.05, 0.1) is 17.4 Å². The number of benzene rings is 2. The molecule has 2 rings (SSSR count). The highest BCUT2D eigenvalue weighted by Crippen LogP contribution is 2.22. The van der Waals surface area contributed by atoms with Crippen molar-refractivity contribution < 1.29 is 14.5 Å². The van der Waals surface area contributed by atoms with Crippen molar-refractivity contribution in [2.45, 2.75) is 12.5 Å². The topological polar surface area (TPSA) is 139 Å². The molecular weight excluding hydrogens is 386 g/mol. The predicted molar refractivity (Wildman–Crippen MR) is 106 cm³/mol. The number of para-hydroxylation sites is 2. The molecule has 0 heterocycles. The van der Waals surface area contributed by atoms with Crippen molar-refractivity contribution in [2.75, 3.05) is 18.4 Å². The van der Waals surface area contributed by atoms with Gasteiger partial charge in [0, 0.05) is 24.2 Å². The molecule has 148 valence electrons. The smallest absolute Gasteiger partial charge is 0.312 e. The lowest BCUT2D eigenvalue weighted by molar-refractivity contribution is -0.384. The fourth-order valence-electron chi connectivity index (χ4n) is 2.56. The van der Waals surface area contributed by atoms with Crippen molar-refractivity contribution in [1.82, 2.24) is 10.6 Å². The van der Waals surface area contributed by atoms with Crippen molar-refractivity contribution in [3.63, 3.8) is 0 Å². The minimum atomic E-state index is -0.745. The van der Waals surface area contributed by atoms with Gasteiger partial charge in [0.2, 0.25) is 5.91 Å². The van der Waals surface area contributed by atoms with Gasteiger partial charge in [-0.3, -0.25) is 14.9 Å². The fourth-order valence-corrected chi connectivity index (χ4v) is 2.68. The SMILES string of the molecule is NC(=O)N[C@H](CC(=O)NCCNc1ccccc1[N+](=O)[O-])c1ccc(Cl)cc1. The summed E-state index contributed by atoms with van der Waals surface area (Å²) in [6.07, 6.45) is -0.0178. The number of nitro benzene ring substituents is 1. The standard InChI is InChI=1S/C18H20ClN5O4/c19-13-7-5-12(6-8-13)15(23-18(20)26)11-17(25)22-10-9-21-14-3-1-2-4-16(14)24(27)28/h1-8,15,21H,9-11H2,(H,22,25)(H3,20,23,26)/t15-/m1/s1. The van der Waals surface area contributed by atoms with Crippen LogP contribution in [0.4, 0.5) is 16.2 Å². The summed E-state index contributed by atoms with van der Waals surface area (Å²) < 4.78 is 0. The zero-order chi connectivity index (χ0) is 20.5. The Morgan fingerprint density at radius 2 is 1.79 bits per heavy atom. The van der Waals surface area contributed by atoms with E-state index < -0.39 is 17.0 Å². The number of carbonyl (C=O) groups is 2. The minimum Gasteiger partial charge on any atom is -0.378 e. The minimum absolute atomic E-state index is 0.0178. The summed E-state index contributed by atoms with van der Waals surface area (Å²) in [7, 11) is 0. The van der Waals surface area contributed by atoms with Crippen molar-refractivity contribution in [3.8, 4) is 0 Å². The number of rotatable bonds is 9. The number of primary amides is 1. The first-order chi connectivity index (χ1) is 13.4. The molecule has 2 aromatic carbocycles. The zero-order valence-electron chi connectivity index (χ0n) is 14.9. The third-order valence-corrected chi connectivity index (χ3v) is 4.09. The van der Waals surface area contributed by atoms with Crippen molar-refractivity contribution >= 4 is 34.9 Å². The van der Waals surface area contributed by atoms with E-state index in [4.69, 9.17) is 17.3 Å². The molecule has 3 amide bonds. The van der Waals surface area contributed by atoms with E-state index in [1.165, 1.54) is 6.07 Å². The van der Waals surface area contributed by atoms with Crippen LogP contribution in [0.5, 0.6) is 0 Å². The Hall–Kier alpha value is -3.33. The highest BCUT2D eigenvalue weighted by Gasteiger charge is 2.17. The van der Waals surface area contributed by atoms with E-state index in [0.29, 0.717) is 22.8 Å². The molecule has 1 atom stereocenters. The van der Waals surface area contributed by atoms with Crippen LogP contribution in [0, 0.1) is 10.1 Å². The van der Waals surface area contributed by atoms with Crippen LogP contribution in [-0.2, 0) is 4.79 Å². The molecule has 5 N–H and O–H groups in total. The van der Waals surface area contributed by atoms with E-state index in [1.807, 2.05) is 0 Å². The molecule has 0 aromatic heterocycles. The molecule has 0 unspecified atom stereocenters. The van der Waals surface area contributed by atoms with E-state index in [2.05, 4.69) is 16.0 Å². The molecule has 0 radical (unpaired) electrons. The number of carbonyl (C=O) groups excluding carboxylic acids is 2. The maximum absolute atomic E-state index is 12.2. The zero-order valence-corrected chi connectivity index (χ0v) is 15.6. The van der Waals surface area contributed by atoms with E-state index in [-0.39, 0.29) is 24.6 Å². The van der Waals surface area contributed by atoms with Crippen LogP contribution in [0.3, 0.4) is 0 Å². The molecule has 10 heteroatoms. The number of nitro groups is 1. The summed E-state index contributed by atoms with van der Waals surface area (Å²) in [5.41, 5.74) is 6.21. The predicted octanol–water partition coefficient (Wildman–Crippen LogP) is 2.58. The Kier molecular flexibility index (Phi) is 7.58. The molecule has 28 heavy (non-hydrogen) atoms. The summed E-state index contributed by atoms with van der Waals surface area (Å²) in [6.45, 7) is 0.542.